The zero-order chi connectivity index (χ0) is 10.6. The topological polar surface area (TPSA) is 67.2 Å². The van der Waals surface area contributed by atoms with Gasteiger partial charge in [0, 0.05) is 24.8 Å². The molecule has 2 N–H and O–H groups in total. The summed E-state index contributed by atoms with van der Waals surface area (Å²) in [5, 5.41) is 15.6. The molecule has 14 heavy (non-hydrogen) atoms. The Kier molecular flexibility index (Phi) is 3.64. The lowest BCUT2D eigenvalue weighted by Crippen LogP contribution is -2.32. The third-order valence-corrected chi connectivity index (χ3v) is 1.99. The summed E-state index contributed by atoms with van der Waals surface area (Å²) in [6.45, 7) is 4.98. The number of carbonyl (C=O) groups is 1. The molecule has 0 bridgehead atoms. The normalized spacial score (nSPS) is 12.7. The van der Waals surface area contributed by atoms with Crippen LogP contribution in [0.3, 0.4) is 0 Å². The smallest absolute Gasteiger partial charge is 0.320 e. The third kappa shape index (κ3) is 2.85. The van der Waals surface area contributed by atoms with Gasteiger partial charge in [-0.3, -0.25) is 9.48 Å². The van der Waals surface area contributed by atoms with Gasteiger partial charge in [-0.15, -0.1) is 0 Å². The lowest BCUT2D eigenvalue weighted by atomic mass is 10.3. The van der Waals surface area contributed by atoms with Gasteiger partial charge in [-0.1, -0.05) is 0 Å². The Hall–Kier alpha value is -1.36. The second-order valence-electron chi connectivity index (χ2n) is 3.15. The number of nitrogens with one attached hydrogen (secondary N) is 1. The fourth-order valence-electron chi connectivity index (χ4n) is 1.03. The Bertz CT molecular complexity index is 309. The minimum atomic E-state index is -0.840. The number of rotatable bonds is 5. The highest BCUT2D eigenvalue weighted by molar-refractivity contribution is 5.72. The van der Waals surface area contributed by atoms with Crippen molar-refractivity contribution >= 4 is 5.97 Å². The lowest BCUT2D eigenvalue weighted by molar-refractivity contribution is -0.139. The second-order valence-corrected chi connectivity index (χ2v) is 3.15. The van der Waals surface area contributed by atoms with E-state index >= 15 is 0 Å². The summed E-state index contributed by atoms with van der Waals surface area (Å²) < 4.78 is 1.81. The van der Waals surface area contributed by atoms with Crippen LogP contribution in [0.4, 0.5) is 0 Å². The number of nitrogens with zero attached hydrogens (tertiary/aromatic N) is 2. The first-order chi connectivity index (χ1) is 6.63. The van der Waals surface area contributed by atoms with Crippen molar-refractivity contribution < 1.29 is 9.90 Å². The minimum Gasteiger partial charge on any atom is -0.480 e. The fourth-order valence-corrected chi connectivity index (χ4v) is 1.03. The number of aryl methyl sites for hydroxylation is 1. The lowest BCUT2D eigenvalue weighted by Gasteiger charge is -2.06. The van der Waals surface area contributed by atoms with E-state index in [0.29, 0.717) is 6.54 Å². The molecule has 1 heterocycles. The quantitative estimate of drug-likeness (QED) is 0.720. The molecule has 1 aromatic heterocycles. The van der Waals surface area contributed by atoms with Gasteiger partial charge in [0.05, 0.1) is 6.20 Å². The number of carboxylic acid groups (broad SMARTS) is 1. The van der Waals surface area contributed by atoms with E-state index in [1.807, 2.05) is 17.8 Å². The van der Waals surface area contributed by atoms with Crippen LogP contribution in [-0.2, 0) is 17.9 Å². The molecule has 0 aromatic carbocycles. The van der Waals surface area contributed by atoms with Crippen molar-refractivity contribution in [2.45, 2.75) is 33.0 Å². The van der Waals surface area contributed by atoms with Crippen molar-refractivity contribution in [3.8, 4) is 0 Å². The average molecular weight is 197 g/mol. The second kappa shape index (κ2) is 4.76. The molecule has 5 nitrogen and oxygen atoms in total. The Labute approximate surface area is 82.7 Å². The standard InChI is InChI=1S/C9H15N3O2/c1-3-12-6-8(5-11-12)4-10-7(2)9(13)14/h5-7,10H,3-4H2,1-2H3,(H,13,14)/t7-/m1/s1. The third-order valence-electron chi connectivity index (χ3n) is 1.99. The van der Waals surface area contributed by atoms with E-state index in [1.165, 1.54) is 0 Å². The molecule has 0 fully saturated rings. The van der Waals surface area contributed by atoms with Gasteiger partial charge in [-0.05, 0) is 13.8 Å². The zero-order valence-electron chi connectivity index (χ0n) is 8.40. The molecular weight excluding hydrogens is 182 g/mol. The molecule has 1 aromatic rings. The van der Waals surface area contributed by atoms with E-state index in [-0.39, 0.29) is 0 Å². The van der Waals surface area contributed by atoms with Crippen LogP contribution in [0, 0.1) is 0 Å². The van der Waals surface area contributed by atoms with Crippen LogP contribution in [0.2, 0.25) is 0 Å². The minimum absolute atomic E-state index is 0.528. The largest absolute Gasteiger partial charge is 0.480 e. The molecule has 0 aliphatic rings. The SMILES string of the molecule is CCn1cc(CN[C@H](C)C(=O)O)cn1. The molecule has 0 saturated carbocycles. The Morgan fingerprint density at radius 2 is 2.50 bits per heavy atom. The number of hydrogen-bond acceptors (Lipinski definition) is 3. The van der Waals surface area contributed by atoms with Gasteiger partial charge in [0.15, 0.2) is 0 Å². The predicted octanol–water partition coefficient (Wildman–Crippen LogP) is 0.466. The maximum atomic E-state index is 10.5. The summed E-state index contributed by atoms with van der Waals surface area (Å²) in [6, 6.07) is -0.528. The molecule has 78 valence electrons. The number of aliphatic carboxylic acids is 1. The highest BCUT2D eigenvalue weighted by Crippen LogP contribution is 1.97. The van der Waals surface area contributed by atoms with Crippen molar-refractivity contribution in [3.63, 3.8) is 0 Å². The van der Waals surface area contributed by atoms with E-state index in [1.54, 1.807) is 13.1 Å². The van der Waals surface area contributed by atoms with Gasteiger partial charge in [0.25, 0.3) is 0 Å². The average Bonchev–Trinajstić information content (AvgIpc) is 2.61. The van der Waals surface area contributed by atoms with Crippen molar-refractivity contribution in [2.24, 2.45) is 0 Å². The highest BCUT2D eigenvalue weighted by atomic mass is 16.4. The molecule has 0 amide bonds. The van der Waals surface area contributed by atoms with E-state index in [2.05, 4.69) is 10.4 Å². The van der Waals surface area contributed by atoms with Crippen LogP contribution in [0.15, 0.2) is 12.4 Å². The molecular formula is C9H15N3O2. The van der Waals surface area contributed by atoms with Gasteiger partial charge in [0.2, 0.25) is 0 Å². The van der Waals surface area contributed by atoms with Crippen LogP contribution >= 0.6 is 0 Å². The van der Waals surface area contributed by atoms with Crippen molar-refractivity contribution in [2.75, 3.05) is 0 Å². The summed E-state index contributed by atoms with van der Waals surface area (Å²) >= 11 is 0. The maximum Gasteiger partial charge on any atom is 0.320 e. The van der Waals surface area contributed by atoms with E-state index < -0.39 is 12.0 Å². The first-order valence-electron chi connectivity index (χ1n) is 4.61. The number of aromatic nitrogens is 2. The molecule has 0 unspecified atom stereocenters. The van der Waals surface area contributed by atoms with Crippen LogP contribution in [0.25, 0.3) is 0 Å². The van der Waals surface area contributed by atoms with Crippen molar-refractivity contribution in [1.29, 1.82) is 0 Å². The fraction of sp³-hybridized carbons (Fsp3) is 0.556. The zero-order valence-corrected chi connectivity index (χ0v) is 8.40. The molecule has 0 radical (unpaired) electrons. The van der Waals surface area contributed by atoms with Gasteiger partial charge < -0.3 is 10.4 Å². The molecule has 0 saturated heterocycles. The van der Waals surface area contributed by atoms with Crippen LogP contribution in [0.5, 0.6) is 0 Å². The van der Waals surface area contributed by atoms with E-state index in [0.717, 1.165) is 12.1 Å². The molecule has 0 spiro atoms. The first kappa shape index (κ1) is 10.7. The highest BCUT2D eigenvalue weighted by Gasteiger charge is 2.09. The van der Waals surface area contributed by atoms with E-state index in [4.69, 9.17) is 5.11 Å². The summed E-state index contributed by atoms with van der Waals surface area (Å²) in [4.78, 5) is 10.5. The molecule has 1 atom stereocenters. The first-order valence-corrected chi connectivity index (χ1v) is 4.61. The molecule has 1 rings (SSSR count). The van der Waals surface area contributed by atoms with Gasteiger partial charge in [-0.2, -0.15) is 5.10 Å². The monoisotopic (exact) mass is 197 g/mol. The van der Waals surface area contributed by atoms with Gasteiger partial charge >= 0.3 is 5.97 Å². The Morgan fingerprint density at radius 1 is 1.79 bits per heavy atom. The van der Waals surface area contributed by atoms with Crippen molar-refractivity contribution in [1.82, 2.24) is 15.1 Å². The van der Waals surface area contributed by atoms with E-state index in [9.17, 15) is 4.79 Å². The van der Waals surface area contributed by atoms with Crippen LogP contribution in [-0.4, -0.2) is 26.9 Å². The Morgan fingerprint density at radius 3 is 3.00 bits per heavy atom. The number of hydrogen-bond donors (Lipinski definition) is 2. The summed E-state index contributed by atoms with van der Waals surface area (Å²) in [5.74, 6) is -0.840. The summed E-state index contributed by atoms with van der Waals surface area (Å²) in [7, 11) is 0. The molecule has 0 aliphatic heterocycles. The molecule has 5 heteroatoms. The number of carboxylic acids is 1. The predicted molar refractivity (Wildman–Crippen MR) is 51.8 cm³/mol. The van der Waals surface area contributed by atoms with Crippen LogP contribution in [0.1, 0.15) is 19.4 Å². The maximum absolute atomic E-state index is 10.5. The Balaban J connectivity index is 2.41. The molecule has 0 aliphatic carbocycles. The van der Waals surface area contributed by atoms with Gasteiger partial charge in [0.1, 0.15) is 6.04 Å². The summed E-state index contributed by atoms with van der Waals surface area (Å²) in [5.41, 5.74) is 1.000. The van der Waals surface area contributed by atoms with Crippen LogP contribution < -0.4 is 5.32 Å². The summed E-state index contributed by atoms with van der Waals surface area (Å²) in [6.07, 6.45) is 3.65. The van der Waals surface area contributed by atoms with Gasteiger partial charge in [-0.25, -0.2) is 0 Å². The van der Waals surface area contributed by atoms with Crippen molar-refractivity contribution in [3.05, 3.63) is 18.0 Å².